The summed E-state index contributed by atoms with van der Waals surface area (Å²) in [6, 6.07) is 17.0. The van der Waals surface area contributed by atoms with Gasteiger partial charge in [-0.05, 0) is 86.8 Å². The smallest absolute Gasteiger partial charge is 0.273 e. The maximum atomic E-state index is 15.6. The normalized spacial score (nSPS) is 20.4. The number of amides is 1. The lowest BCUT2D eigenvalue weighted by Gasteiger charge is -2.35. The fourth-order valence-electron chi connectivity index (χ4n) is 6.89. The van der Waals surface area contributed by atoms with E-state index in [9.17, 15) is 13.2 Å². The molecule has 0 saturated heterocycles. The van der Waals surface area contributed by atoms with Gasteiger partial charge in [-0.1, -0.05) is 42.0 Å². The molecule has 3 heterocycles. The Morgan fingerprint density at radius 2 is 1.87 bits per heavy atom. The van der Waals surface area contributed by atoms with E-state index in [1.54, 1.807) is 30.7 Å². The van der Waals surface area contributed by atoms with Crippen molar-refractivity contribution in [3.63, 3.8) is 0 Å². The van der Waals surface area contributed by atoms with Crippen molar-refractivity contribution in [2.24, 2.45) is 0 Å². The summed E-state index contributed by atoms with van der Waals surface area (Å²) in [5, 5.41) is 4.32. The zero-order valence-corrected chi connectivity index (χ0v) is 26.7. The minimum absolute atomic E-state index is 0.0504. The number of halogens is 1. The van der Waals surface area contributed by atoms with Crippen LogP contribution in [-0.2, 0) is 22.9 Å². The Balaban J connectivity index is 1.15. The van der Waals surface area contributed by atoms with E-state index in [-0.39, 0.29) is 11.9 Å². The third-order valence-corrected chi connectivity index (χ3v) is 11.9. The van der Waals surface area contributed by atoms with Gasteiger partial charge >= 0.3 is 0 Å². The molecule has 3 aliphatic rings. The molecule has 1 saturated carbocycles. The van der Waals surface area contributed by atoms with E-state index < -0.39 is 21.1 Å². The number of benzene rings is 2. The summed E-state index contributed by atoms with van der Waals surface area (Å²) < 4.78 is 44.1. The Labute approximate surface area is 263 Å². The number of nitrogens with zero attached hydrogens (tertiary/aromatic N) is 5. The molecule has 7 rings (SSSR count). The van der Waals surface area contributed by atoms with E-state index in [1.807, 2.05) is 29.2 Å². The first-order valence-electron chi connectivity index (χ1n) is 15.8. The summed E-state index contributed by atoms with van der Waals surface area (Å²) in [4.78, 5) is 20.5. The predicted octanol–water partition coefficient (Wildman–Crippen LogP) is 6.09. The summed E-state index contributed by atoms with van der Waals surface area (Å²) in [7, 11) is -0.213. The molecule has 1 fully saturated rings. The van der Waals surface area contributed by atoms with Gasteiger partial charge in [-0.3, -0.25) is 4.79 Å². The first kappa shape index (κ1) is 29.8. The molecule has 1 unspecified atom stereocenters. The molecular weight excluding hydrogens is 589 g/mol. The van der Waals surface area contributed by atoms with Gasteiger partial charge in [0.05, 0.1) is 17.0 Å². The molecule has 45 heavy (non-hydrogen) atoms. The molecule has 0 spiro atoms. The first-order valence-corrected chi connectivity index (χ1v) is 17.3. The lowest BCUT2D eigenvalue weighted by molar-refractivity contribution is 0.0671. The second-order valence-electron chi connectivity index (χ2n) is 12.8. The van der Waals surface area contributed by atoms with Crippen LogP contribution in [0.3, 0.4) is 0 Å². The molecule has 2 aromatic carbocycles. The molecule has 10 heteroatoms. The van der Waals surface area contributed by atoms with Crippen LogP contribution in [0, 0.1) is 5.82 Å². The minimum Gasteiger partial charge on any atom is -0.330 e. The standard InChI is InChI=1S/C35H38FN5O3S/c1-22-28-10-5-4-8-25(28)15-16-40(22)35(42)32-20-33(26-12-13-26)41-34(37-32)21-31(38-41)29-14-11-24(19-30(29)36)17-23-7-6-9-27(18-23)45(43,44)39(2)3/h4-5,7-8,10-11,14,19-22,26-27H,6,9,12-13,15-18H2,1-3H3/t22-,27?/m1/s1. The van der Waals surface area contributed by atoms with Gasteiger partial charge in [-0.15, -0.1) is 0 Å². The second-order valence-corrected chi connectivity index (χ2v) is 15.3. The van der Waals surface area contributed by atoms with Crippen LogP contribution >= 0.6 is 0 Å². The van der Waals surface area contributed by atoms with Gasteiger partial charge in [0.1, 0.15) is 11.5 Å². The van der Waals surface area contributed by atoms with Crippen molar-refractivity contribution in [1.29, 1.82) is 0 Å². The van der Waals surface area contributed by atoms with Crippen LogP contribution in [-0.4, -0.2) is 64.0 Å². The third kappa shape index (κ3) is 5.59. The number of carbonyl (C=O) groups is 1. The lowest BCUT2D eigenvalue weighted by Crippen LogP contribution is -2.39. The zero-order valence-electron chi connectivity index (χ0n) is 25.9. The van der Waals surface area contributed by atoms with Crippen LogP contribution in [0.15, 0.2) is 66.2 Å². The second kappa shape index (κ2) is 11.5. The van der Waals surface area contributed by atoms with Crippen LogP contribution in [0.1, 0.15) is 83.9 Å². The molecule has 2 aromatic heterocycles. The van der Waals surface area contributed by atoms with E-state index in [0.29, 0.717) is 60.7 Å². The predicted molar refractivity (Wildman–Crippen MR) is 172 cm³/mol. The highest BCUT2D eigenvalue weighted by atomic mass is 32.2. The fourth-order valence-corrected chi connectivity index (χ4v) is 8.35. The van der Waals surface area contributed by atoms with Gasteiger partial charge in [-0.2, -0.15) is 5.10 Å². The molecule has 0 bridgehead atoms. The highest BCUT2D eigenvalue weighted by Gasteiger charge is 2.33. The fraction of sp³-hybridized carbons (Fsp3) is 0.400. The van der Waals surface area contributed by atoms with Crippen molar-refractivity contribution in [2.45, 2.75) is 69.1 Å². The zero-order chi connectivity index (χ0) is 31.5. The van der Waals surface area contributed by atoms with E-state index in [1.165, 1.54) is 21.5 Å². The van der Waals surface area contributed by atoms with Gasteiger partial charge < -0.3 is 4.90 Å². The monoisotopic (exact) mass is 627 g/mol. The van der Waals surface area contributed by atoms with Crippen molar-refractivity contribution in [3.8, 4) is 11.3 Å². The number of hydrogen-bond acceptors (Lipinski definition) is 5. The van der Waals surface area contributed by atoms with Crippen LogP contribution in [0.4, 0.5) is 4.39 Å². The van der Waals surface area contributed by atoms with E-state index >= 15 is 4.39 Å². The van der Waals surface area contributed by atoms with Crippen molar-refractivity contribution in [3.05, 3.63) is 100 Å². The topological polar surface area (TPSA) is 87.9 Å². The van der Waals surface area contributed by atoms with Gasteiger partial charge in [0.25, 0.3) is 5.91 Å². The molecule has 0 N–H and O–H groups in total. The largest absolute Gasteiger partial charge is 0.330 e. The molecule has 1 amide bonds. The molecule has 0 radical (unpaired) electrons. The number of rotatable bonds is 7. The Bertz CT molecular complexity index is 1950. The summed E-state index contributed by atoms with van der Waals surface area (Å²) in [6.45, 7) is 2.70. The van der Waals surface area contributed by atoms with Gasteiger partial charge in [0, 0.05) is 43.9 Å². The quantitative estimate of drug-likeness (QED) is 0.232. The van der Waals surface area contributed by atoms with Crippen molar-refractivity contribution < 1.29 is 17.6 Å². The Hall–Kier alpha value is -3.89. The summed E-state index contributed by atoms with van der Waals surface area (Å²) in [6.07, 6.45) is 7.18. The highest BCUT2D eigenvalue weighted by molar-refractivity contribution is 7.89. The van der Waals surface area contributed by atoms with Crippen LogP contribution in [0.25, 0.3) is 16.9 Å². The number of aromatic nitrogens is 3. The van der Waals surface area contributed by atoms with Crippen LogP contribution in [0.5, 0.6) is 0 Å². The summed E-state index contributed by atoms with van der Waals surface area (Å²) >= 11 is 0. The maximum absolute atomic E-state index is 15.6. The van der Waals surface area contributed by atoms with E-state index in [0.717, 1.165) is 36.1 Å². The average molecular weight is 628 g/mol. The molecule has 234 valence electrons. The van der Waals surface area contributed by atoms with Crippen molar-refractivity contribution >= 4 is 21.6 Å². The number of fused-ring (bicyclic) bond motifs is 2. The van der Waals surface area contributed by atoms with Crippen LogP contribution < -0.4 is 0 Å². The number of carbonyl (C=O) groups excluding carboxylic acids is 1. The number of allylic oxidation sites excluding steroid dienone is 2. The third-order valence-electron chi connectivity index (χ3n) is 9.61. The van der Waals surface area contributed by atoms with Gasteiger partial charge in [0.2, 0.25) is 10.0 Å². The maximum Gasteiger partial charge on any atom is 0.273 e. The van der Waals surface area contributed by atoms with Gasteiger partial charge in [0.15, 0.2) is 5.65 Å². The Morgan fingerprint density at radius 3 is 2.62 bits per heavy atom. The summed E-state index contributed by atoms with van der Waals surface area (Å²) in [5.41, 5.74) is 6.95. The minimum atomic E-state index is -3.35. The molecular formula is C35H38FN5O3S. The number of sulfonamides is 1. The van der Waals surface area contributed by atoms with Crippen molar-refractivity contribution in [2.75, 3.05) is 20.6 Å². The first-order chi connectivity index (χ1) is 21.6. The van der Waals surface area contributed by atoms with E-state index in [4.69, 9.17) is 10.1 Å². The molecule has 8 nitrogen and oxygen atoms in total. The molecule has 2 atom stereocenters. The lowest BCUT2D eigenvalue weighted by atomic mass is 9.93. The molecule has 2 aliphatic carbocycles. The molecule has 1 aliphatic heterocycles. The Kier molecular flexibility index (Phi) is 7.60. The Morgan fingerprint density at radius 1 is 1.07 bits per heavy atom. The SMILES string of the molecule is C[C@@H]1c2ccccc2CCN1C(=O)c1cc(C2CC2)n2nc(-c3ccc(CC4=CCCC(S(=O)(=O)N(C)C)C4)cc3F)cc2n1. The summed E-state index contributed by atoms with van der Waals surface area (Å²) in [5.74, 6) is -0.197. The molecule has 4 aromatic rings. The number of hydrogen-bond donors (Lipinski definition) is 0. The van der Waals surface area contributed by atoms with E-state index in [2.05, 4.69) is 25.1 Å². The van der Waals surface area contributed by atoms with Crippen LogP contribution in [0.2, 0.25) is 0 Å². The van der Waals surface area contributed by atoms with Crippen molar-refractivity contribution in [1.82, 2.24) is 23.8 Å². The van der Waals surface area contributed by atoms with Gasteiger partial charge in [-0.25, -0.2) is 26.6 Å². The average Bonchev–Trinajstić information content (AvgIpc) is 3.79. The highest BCUT2D eigenvalue weighted by Crippen LogP contribution is 2.41.